The molecule has 0 fully saturated rings. The van der Waals surface area contributed by atoms with Crippen molar-refractivity contribution in [3.63, 3.8) is 0 Å². The Morgan fingerprint density at radius 3 is 2.36 bits per heavy atom. The highest BCUT2D eigenvalue weighted by molar-refractivity contribution is 9.11. The van der Waals surface area contributed by atoms with Gasteiger partial charge < -0.3 is 4.74 Å². The normalized spacial score (nSPS) is 12.6. The Hall–Kier alpha value is 0.460. The Balaban J connectivity index is 2.66. The van der Waals surface area contributed by atoms with Gasteiger partial charge in [-0.2, -0.15) is 0 Å². The van der Waals surface area contributed by atoms with Crippen LogP contribution < -0.4 is 4.74 Å². The molecule has 0 N–H and O–H groups in total. The summed E-state index contributed by atoms with van der Waals surface area (Å²) < 4.78 is 7.66. The molecular formula is C10H11Br3O. The first-order chi connectivity index (χ1) is 6.65. The molecule has 78 valence electrons. The van der Waals surface area contributed by atoms with Crippen LogP contribution in [-0.2, 0) is 0 Å². The molecular weight excluding hydrogens is 376 g/mol. The SMILES string of the molecule is CC(CBr)COc1c(Br)cccc1Br. The summed E-state index contributed by atoms with van der Waals surface area (Å²) in [5, 5.41) is 0.953. The Kier molecular flexibility index (Phi) is 5.49. The summed E-state index contributed by atoms with van der Waals surface area (Å²) in [6.07, 6.45) is 0. The van der Waals surface area contributed by atoms with Gasteiger partial charge in [-0.25, -0.2) is 0 Å². The average Bonchev–Trinajstić information content (AvgIpc) is 2.16. The minimum absolute atomic E-state index is 0.508. The van der Waals surface area contributed by atoms with Crippen molar-refractivity contribution in [2.75, 3.05) is 11.9 Å². The molecule has 0 heterocycles. The Morgan fingerprint density at radius 1 is 1.29 bits per heavy atom. The molecule has 0 aliphatic carbocycles. The van der Waals surface area contributed by atoms with Crippen LogP contribution in [0.4, 0.5) is 0 Å². The summed E-state index contributed by atoms with van der Waals surface area (Å²) in [4.78, 5) is 0. The Bertz CT molecular complexity index is 281. The molecule has 1 rings (SSSR count). The van der Waals surface area contributed by atoms with Gasteiger partial charge in [0.05, 0.1) is 15.6 Å². The molecule has 0 saturated heterocycles. The molecule has 1 atom stereocenters. The highest BCUT2D eigenvalue weighted by Crippen LogP contribution is 2.33. The zero-order valence-corrected chi connectivity index (χ0v) is 12.5. The van der Waals surface area contributed by atoms with Gasteiger partial charge >= 0.3 is 0 Å². The number of benzene rings is 1. The van der Waals surface area contributed by atoms with Gasteiger partial charge in [-0.15, -0.1) is 0 Å². The zero-order chi connectivity index (χ0) is 10.6. The van der Waals surface area contributed by atoms with E-state index < -0.39 is 0 Å². The van der Waals surface area contributed by atoms with Crippen LogP contribution in [0.5, 0.6) is 5.75 Å². The van der Waals surface area contributed by atoms with Crippen LogP contribution in [0.25, 0.3) is 0 Å². The summed E-state index contributed by atoms with van der Waals surface area (Å²) in [5.74, 6) is 1.38. The van der Waals surface area contributed by atoms with Gasteiger partial charge in [0.15, 0.2) is 0 Å². The molecule has 4 heteroatoms. The second-order valence-electron chi connectivity index (χ2n) is 3.12. The summed E-state index contributed by atoms with van der Waals surface area (Å²) in [6, 6.07) is 5.91. The predicted molar refractivity (Wildman–Crippen MR) is 70.3 cm³/mol. The van der Waals surface area contributed by atoms with E-state index in [2.05, 4.69) is 54.7 Å². The Morgan fingerprint density at radius 2 is 1.86 bits per heavy atom. The molecule has 0 amide bonds. The molecule has 0 aliphatic rings. The van der Waals surface area contributed by atoms with E-state index >= 15 is 0 Å². The van der Waals surface area contributed by atoms with Gasteiger partial charge in [0.2, 0.25) is 0 Å². The minimum Gasteiger partial charge on any atom is -0.491 e. The fraction of sp³-hybridized carbons (Fsp3) is 0.400. The first-order valence-electron chi connectivity index (χ1n) is 4.28. The third kappa shape index (κ3) is 3.55. The lowest BCUT2D eigenvalue weighted by Gasteiger charge is -2.12. The van der Waals surface area contributed by atoms with Crippen LogP contribution in [-0.4, -0.2) is 11.9 Å². The second-order valence-corrected chi connectivity index (χ2v) is 5.48. The molecule has 0 aliphatic heterocycles. The molecule has 0 bridgehead atoms. The fourth-order valence-corrected chi connectivity index (χ4v) is 2.30. The number of ether oxygens (including phenoxy) is 1. The van der Waals surface area contributed by atoms with E-state index in [0.29, 0.717) is 12.5 Å². The topological polar surface area (TPSA) is 9.23 Å². The molecule has 0 spiro atoms. The number of halogens is 3. The van der Waals surface area contributed by atoms with Gasteiger partial charge in [0.25, 0.3) is 0 Å². The van der Waals surface area contributed by atoms with Crippen molar-refractivity contribution < 1.29 is 4.74 Å². The number of para-hydroxylation sites is 1. The van der Waals surface area contributed by atoms with Crippen molar-refractivity contribution in [3.8, 4) is 5.75 Å². The van der Waals surface area contributed by atoms with Gasteiger partial charge in [-0.3, -0.25) is 0 Å². The van der Waals surface area contributed by atoms with E-state index in [-0.39, 0.29) is 0 Å². The summed E-state index contributed by atoms with van der Waals surface area (Å²) in [5.41, 5.74) is 0. The molecule has 0 saturated carbocycles. The highest BCUT2D eigenvalue weighted by atomic mass is 79.9. The largest absolute Gasteiger partial charge is 0.491 e. The molecule has 1 unspecified atom stereocenters. The van der Waals surface area contributed by atoms with Crippen LogP contribution in [0, 0.1) is 5.92 Å². The van der Waals surface area contributed by atoms with E-state index in [1.54, 1.807) is 0 Å². The van der Waals surface area contributed by atoms with Crippen LogP contribution in [0.1, 0.15) is 6.92 Å². The number of hydrogen-bond donors (Lipinski definition) is 0. The predicted octanol–water partition coefficient (Wildman–Crippen LogP) is 4.62. The maximum atomic E-state index is 5.70. The van der Waals surface area contributed by atoms with E-state index in [1.165, 1.54) is 0 Å². The zero-order valence-electron chi connectivity index (χ0n) is 7.77. The molecule has 14 heavy (non-hydrogen) atoms. The van der Waals surface area contributed by atoms with Crippen molar-refractivity contribution in [2.24, 2.45) is 5.92 Å². The number of rotatable bonds is 4. The fourth-order valence-electron chi connectivity index (χ4n) is 0.891. The third-order valence-electron chi connectivity index (χ3n) is 1.69. The first kappa shape index (κ1) is 12.5. The lowest BCUT2D eigenvalue weighted by atomic mass is 10.2. The molecule has 1 aromatic carbocycles. The lowest BCUT2D eigenvalue weighted by molar-refractivity contribution is 0.271. The molecule has 0 radical (unpaired) electrons. The standard InChI is InChI=1S/C10H11Br3O/c1-7(5-11)6-14-10-8(12)3-2-4-9(10)13/h2-4,7H,5-6H2,1H3. The van der Waals surface area contributed by atoms with Crippen LogP contribution in [0.3, 0.4) is 0 Å². The maximum Gasteiger partial charge on any atom is 0.147 e. The smallest absolute Gasteiger partial charge is 0.147 e. The van der Waals surface area contributed by atoms with Crippen LogP contribution in [0.15, 0.2) is 27.1 Å². The van der Waals surface area contributed by atoms with E-state index in [4.69, 9.17) is 4.74 Å². The summed E-state index contributed by atoms with van der Waals surface area (Å²) >= 11 is 10.3. The first-order valence-corrected chi connectivity index (χ1v) is 6.98. The third-order valence-corrected chi connectivity index (χ3v) is 4.05. The second kappa shape index (κ2) is 6.13. The molecule has 1 nitrogen and oxygen atoms in total. The monoisotopic (exact) mass is 384 g/mol. The molecule has 0 aromatic heterocycles. The Labute approximate surface area is 110 Å². The van der Waals surface area contributed by atoms with Crippen molar-refractivity contribution in [1.82, 2.24) is 0 Å². The quantitative estimate of drug-likeness (QED) is 0.686. The number of alkyl halides is 1. The van der Waals surface area contributed by atoms with Crippen molar-refractivity contribution in [1.29, 1.82) is 0 Å². The van der Waals surface area contributed by atoms with E-state index in [9.17, 15) is 0 Å². The highest BCUT2D eigenvalue weighted by Gasteiger charge is 2.07. The van der Waals surface area contributed by atoms with Crippen molar-refractivity contribution in [3.05, 3.63) is 27.1 Å². The van der Waals surface area contributed by atoms with Crippen LogP contribution in [0.2, 0.25) is 0 Å². The van der Waals surface area contributed by atoms with Gasteiger partial charge in [0.1, 0.15) is 5.75 Å². The van der Waals surface area contributed by atoms with E-state index in [0.717, 1.165) is 20.0 Å². The minimum atomic E-state index is 0.508. The van der Waals surface area contributed by atoms with Gasteiger partial charge in [-0.05, 0) is 49.9 Å². The van der Waals surface area contributed by atoms with Gasteiger partial charge in [0, 0.05) is 5.33 Å². The average molecular weight is 387 g/mol. The maximum absolute atomic E-state index is 5.70. The van der Waals surface area contributed by atoms with Crippen molar-refractivity contribution >= 4 is 47.8 Å². The summed E-state index contributed by atoms with van der Waals surface area (Å²) in [6.45, 7) is 2.85. The van der Waals surface area contributed by atoms with Crippen LogP contribution >= 0.6 is 47.8 Å². The van der Waals surface area contributed by atoms with E-state index in [1.807, 2.05) is 18.2 Å². The number of hydrogen-bond acceptors (Lipinski definition) is 1. The molecule has 1 aromatic rings. The van der Waals surface area contributed by atoms with Gasteiger partial charge in [-0.1, -0.05) is 28.9 Å². The van der Waals surface area contributed by atoms with Crippen molar-refractivity contribution in [2.45, 2.75) is 6.92 Å². The lowest BCUT2D eigenvalue weighted by Crippen LogP contribution is -2.09. The summed E-state index contributed by atoms with van der Waals surface area (Å²) in [7, 11) is 0.